The predicted octanol–water partition coefficient (Wildman–Crippen LogP) is 1.91. The Bertz CT molecular complexity index is 538. The van der Waals surface area contributed by atoms with Gasteiger partial charge in [0, 0.05) is 25.7 Å². The molecule has 2 unspecified atom stereocenters. The fourth-order valence-electron chi connectivity index (χ4n) is 3.29. The normalized spacial score (nSPS) is 21.7. The molecule has 1 aromatic carbocycles. The van der Waals surface area contributed by atoms with Crippen LogP contribution in [0.25, 0.3) is 0 Å². The maximum atomic E-state index is 13.6. The molecule has 142 valence electrons. The molecule has 0 spiro atoms. The first-order valence-corrected chi connectivity index (χ1v) is 8.32. The molecule has 2 fully saturated rings. The summed E-state index contributed by atoms with van der Waals surface area (Å²) in [6, 6.07) is 6.21. The van der Waals surface area contributed by atoms with Crippen molar-refractivity contribution < 1.29 is 13.9 Å². The van der Waals surface area contributed by atoms with Crippen molar-refractivity contribution >= 4 is 30.7 Å². The monoisotopic (exact) mass is 393 g/mol. The largest absolute Gasteiger partial charge is 0.379 e. The molecule has 3 rings (SSSR count). The second-order valence-electron chi connectivity index (χ2n) is 6.14. The minimum absolute atomic E-state index is 0. The highest BCUT2D eigenvalue weighted by molar-refractivity contribution is 5.85. The van der Waals surface area contributed by atoms with Crippen molar-refractivity contribution in [3.05, 3.63) is 35.6 Å². The molecule has 2 saturated heterocycles. The molecular formula is C17H26Cl2FN3O2. The van der Waals surface area contributed by atoms with E-state index >= 15 is 0 Å². The molecule has 5 nitrogen and oxygen atoms in total. The molecule has 0 radical (unpaired) electrons. The molecule has 0 saturated carbocycles. The van der Waals surface area contributed by atoms with Crippen LogP contribution in [0.4, 0.5) is 4.39 Å². The van der Waals surface area contributed by atoms with E-state index < -0.39 is 6.04 Å². The van der Waals surface area contributed by atoms with E-state index in [0.29, 0.717) is 44.5 Å². The summed E-state index contributed by atoms with van der Waals surface area (Å²) in [6.45, 7) is 4.19. The molecular weight excluding hydrogens is 368 g/mol. The van der Waals surface area contributed by atoms with Gasteiger partial charge in [0.25, 0.3) is 0 Å². The van der Waals surface area contributed by atoms with Crippen LogP contribution in [-0.4, -0.2) is 56.2 Å². The number of ether oxygens (including phenoxy) is 1. The lowest BCUT2D eigenvalue weighted by Crippen LogP contribution is -2.47. The van der Waals surface area contributed by atoms with Gasteiger partial charge in [-0.15, -0.1) is 24.8 Å². The lowest BCUT2D eigenvalue weighted by atomic mass is 10.0. The first-order chi connectivity index (χ1) is 11.2. The van der Waals surface area contributed by atoms with E-state index in [4.69, 9.17) is 4.74 Å². The van der Waals surface area contributed by atoms with Gasteiger partial charge in [0.1, 0.15) is 11.9 Å². The lowest BCUT2D eigenvalue weighted by molar-refractivity contribution is -0.128. The molecule has 25 heavy (non-hydrogen) atoms. The van der Waals surface area contributed by atoms with Gasteiger partial charge < -0.3 is 15.4 Å². The fraction of sp³-hybridized carbons (Fsp3) is 0.588. The highest BCUT2D eigenvalue weighted by Gasteiger charge is 2.29. The van der Waals surface area contributed by atoms with E-state index in [0.717, 1.165) is 19.4 Å². The topological polar surface area (TPSA) is 53.6 Å². The summed E-state index contributed by atoms with van der Waals surface area (Å²) in [5.41, 5.74) is 0.698. The molecule has 1 amide bonds. The number of carbonyl (C=O) groups is 1. The van der Waals surface area contributed by atoms with Crippen LogP contribution < -0.4 is 10.6 Å². The van der Waals surface area contributed by atoms with Crippen molar-refractivity contribution in [2.75, 3.05) is 39.4 Å². The second kappa shape index (κ2) is 10.9. The quantitative estimate of drug-likeness (QED) is 0.801. The molecule has 2 N–H and O–H groups in total. The second-order valence-corrected chi connectivity index (χ2v) is 6.14. The van der Waals surface area contributed by atoms with Crippen LogP contribution in [0.1, 0.15) is 24.4 Å². The molecule has 1 aromatic rings. The molecule has 2 atom stereocenters. The van der Waals surface area contributed by atoms with E-state index in [1.54, 1.807) is 6.07 Å². The number of benzene rings is 1. The summed E-state index contributed by atoms with van der Waals surface area (Å²) in [4.78, 5) is 14.8. The lowest BCUT2D eigenvalue weighted by Gasteiger charge is -2.34. The highest BCUT2D eigenvalue weighted by Crippen LogP contribution is 2.23. The molecule has 0 bridgehead atoms. The number of amides is 1. The molecule has 0 aliphatic carbocycles. The Morgan fingerprint density at radius 2 is 2.12 bits per heavy atom. The number of rotatable bonds is 5. The third-order valence-corrected chi connectivity index (χ3v) is 4.51. The van der Waals surface area contributed by atoms with Crippen LogP contribution in [0.15, 0.2) is 24.3 Å². The summed E-state index contributed by atoms with van der Waals surface area (Å²) in [5, 5.41) is 6.40. The van der Waals surface area contributed by atoms with Crippen molar-refractivity contribution in [3.8, 4) is 0 Å². The zero-order chi connectivity index (χ0) is 16.1. The number of hydrogen-bond donors (Lipinski definition) is 2. The molecule has 2 aliphatic heterocycles. The number of nitrogens with zero attached hydrogens (tertiary/aromatic N) is 1. The van der Waals surface area contributed by atoms with Gasteiger partial charge >= 0.3 is 0 Å². The third-order valence-electron chi connectivity index (χ3n) is 4.51. The van der Waals surface area contributed by atoms with E-state index in [2.05, 4.69) is 15.5 Å². The predicted molar refractivity (Wildman–Crippen MR) is 100 cm³/mol. The molecule has 8 heteroatoms. The van der Waals surface area contributed by atoms with E-state index in [1.165, 1.54) is 12.1 Å². The van der Waals surface area contributed by atoms with Gasteiger partial charge in [-0.3, -0.25) is 9.69 Å². The van der Waals surface area contributed by atoms with Gasteiger partial charge in [-0.1, -0.05) is 12.1 Å². The summed E-state index contributed by atoms with van der Waals surface area (Å²) >= 11 is 0. The van der Waals surface area contributed by atoms with Crippen molar-refractivity contribution in [2.45, 2.75) is 24.9 Å². The van der Waals surface area contributed by atoms with Crippen LogP contribution in [-0.2, 0) is 9.53 Å². The Kier molecular flexibility index (Phi) is 9.67. The van der Waals surface area contributed by atoms with Gasteiger partial charge in [-0.05, 0) is 37.1 Å². The highest BCUT2D eigenvalue weighted by atomic mass is 35.5. The maximum absolute atomic E-state index is 13.6. The van der Waals surface area contributed by atoms with Gasteiger partial charge in [-0.25, -0.2) is 4.39 Å². The van der Waals surface area contributed by atoms with Gasteiger partial charge in [-0.2, -0.15) is 0 Å². The smallest absolute Gasteiger partial charge is 0.242 e. The molecule has 0 aromatic heterocycles. The van der Waals surface area contributed by atoms with E-state index in [1.807, 2.05) is 6.07 Å². The summed E-state index contributed by atoms with van der Waals surface area (Å²) in [7, 11) is 0. The summed E-state index contributed by atoms with van der Waals surface area (Å²) < 4.78 is 19.0. The van der Waals surface area contributed by atoms with Crippen molar-refractivity contribution in [1.29, 1.82) is 0 Å². The van der Waals surface area contributed by atoms with Crippen LogP contribution >= 0.6 is 24.8 Å². The Morgan fingerprint density at radius 1 is 1.36 bits per heavy atom. The molecule has 2 aliphatic rings. The van der Waals surface area contributed by atoms with E-state index in [-0.39, 0.29) is 36.5 Å². The van der Waals surface area contributed by atoms with Crippen LogP contribution in [0.5, 0.6) is 0 Å². The number of halogens is 3. The van der Waals surface area contributed by atoms with Gasteiger partial charge in [0.15, 0.2) is 0 Å². The third kappa shape index (κ3) is 6.08. The zero-order valence-corrected chi connectivity index (χ0v) is 15.7. The van der Waals surface area contributed by atoms with E-state index in [9.17, 15) is 9.18 Å². The molecule has 2 heterocycles. The number of morpholine rings is 1. The Hall–Kier alpha value is -0.920. The maximum Gasteiger partial charge on any atom is 0.242 e. The van der Waals surface area contributed by atoms with Gasteiger partial charge in [0.2, 0.25) is 5.91 Å². The van der Waals surface area contributed by atoms with Crippen LogP contribution in [0, 0.1) is 5.82 Å². The average molecular weight is 394 g/mol. The summed E-state index contributed by atoms with van der Waals surface area (Å²) in [6.07, 6.45) is 2.24. The minimum Gasteiger partial charge on any atom is -0.379 e. The van der Waals surface area contributed by atoms with Crippen LogP contribution in [0.3, 0.4) is 0 Å². The summed E-state index contributed by atoms with van der Waals surface area (Å²) in [5.74, 6) is -0.378. The first kappa shape index (κ1) is 22.1. The Balaban J connectivity index is 0.00000156. The standard InChI is InChI=1S/C17H24FN3O2.2ClH/c18-14-4-1-3-13(11-14)16(21-7-9-23-10-8-21)17(22)20-12-15-5-2-6-19-15;;/h1,3-4,11,15-16,19H,2,5-10,12H2,(H,20,22);2*1H. The minimum atomic E-state index is -0.462. The number of nitrogens with one attached hydrogen (secondary N) is 2. The number of carbonyl (C=O) groups excluding carboxylic acids is 1. The van der Waals surface area contributed by atoms with Gasteiger partial charge in [0.05, 0.1) is 13.2 Å². The fourth-order valence-corrected chi connectivity index (χ4v) is 3.29. The van der Waals surface area contributed by atoms with Crippen LogP contribution in [0.2, 0.25) is 0 Å². The SMILES string of the molecule is Cl.Cl.O=C(NCC1CCCN1)C(c1cccc(F)c1)N1CCOCC1. The van der Waals surface area contributed by atoms with Crippen molar-refractivity contribution in [2.24, 2.45) is 0 Å². The average Bonchev–Trinajstić information content (AvgIpc) is 3.08. The zero-order valence-electron chi connectivity index (χ0n) is 14.1. The van der Waals surface area contributed by atoms with Crippen molar-refractivity contribution in [3.63, 3.8) is 0 Å². The Morgan fingerprint density at radius 3 is 2.76 bits per heavy atom. The first-order valence-electron chi connectivity index (χ1n) is 8.32. The number of hydrogen-bond acceptors (Lipinski definition) is 4. The Labute approximate surface area is 160 Å². The van der Waals surface area contributed by atoms with Crippen molar-refractivity contribution in [1.82, 2.24) is 15.5 Å².